The largest absolute Gasteiger partial charge is 0.481 e. The number of rotatable bonds is 8. The van der Waals surface area contributed by atoms with E-state index in [0.29, 0.717) is 19.4 Å². The summed E-state index contributed by atoms with van der Waals surface area (Å²) in [6.07, 6.45) is 2.76. The second-order valence-corrected chi connectivity index (χ2v) is 4.35. The van der Waals surface area contributed by atoms with Crippen LogP contribution in [0.2, 0.25) is 0 Å². The Hall–Kier alpha value is -1.42. The molecule has 18 heavy (non-hydrogen) atoms. The van der Waals surface area contributed by atoms with Crippen molar-refractivity contribution in [2.24, 2.45) is 5.92 Å². The summed E-state index contributed by atoms with van der Waals surface area (Å²) >= 11 is 0. The first-order valence-electron chi connectivity index (χ1n) is 6.09. The fourth-order valence-electron chi connectivity index (χ4n) is 1.85. The van der Waals surface area contributed by atoms with Crippen molar-refractivity contribution in [1.82, 2.24) is 0 Å². The highest BCUT2D eigenvalue weighted by atomic mass is 19.1. The van der Waals surface area contributed by atoms with Crippen LogP contribution in [0, 0.1) is 11.7 Å². The molecule has 0 radical (unpaired) electrons. The number of methoxy groups -OCH3 is 1. The molecule has 1 rings (SSSR count). The summed E-state index contributed by atoms with van der Waals surface area (Å²) in [7, 11) is 1.63. The van der Waals surface area contributed by atoms with Gasteiger partial charge in [-0.25, -0.2) is 4.39 Å². The van der Waals surface area contributed by atoms with Gasteiger partial charge in [-0.1, -0.05) is 18.6 Å². The average molecular weight is 254 g/mol. The maximum Gasteiger partial charge on any atom is 0.306 e. The first kappa shape index (κ1) is 14.6. The zero-order valence-corrected chi connectivity index (χ0v) is 10.6. The van der Waals surface area contributed by atoms with Crippen molar-refractivity contribution in [1.29, 1.82) is 0 Å². The minimum absolute atomic E-state index is 0.300. The summed E-state index contributed by atoms with van der Waals surface area (Å²) in [5.41, 5.74) is 0.857. The molecule has 0 heterocycles. The van der Waals surface area contributed by atoms with Gasteiger partial charge in [0.25, 0.3) is 0 Å². The number of carbonyl (C=O) groups is 1. The molecule has 0 aliphatic heterocycles. The van der Waals surface area contributed by atoms with E-state index < -0.39 is 11.9 Å². The Morgan fingerprint density at radius 2 is 2.00 bits per heavy atom. The standard InChI is InChI=1S/C14H19FO3/c1-18-9-3-2-4-12(14(16)17)10-11-5-7-13(15)8-6-11/h5-8,12H,2-4,9-10H2,1H3,(H,16,17). The topological polar surface area (TPSA) is 46.5 Å². The van der Waals surface area contributed by atoms with Gasteiger partial charge in [-0.15, -0.1) is 0 Å². The molecule has 1 unspecified atom stereocenters. The number of carboxylic acids is 1. The Morgan fingerprint density at radius 1 is 1.33 bits per heavy atom. The molecule has 0 aliphatic carbocycles. The molecule has 1 aromatic carbocycles. The first-order chi connectivity index (χ1) is 8.63. The van der Waals surface area contributed by atoms with Gasteiger partial charge in [0, 0.05) is 13.7 Å². The molecule has 0 amide bonds. The minimum atomic E-state index is -0.795. The maximum atomic E-state index is 12.7. The minimum Gasteiger partial charge on any atom is -0.481 e. The summed E-state index contributed by atoms with van der Waals surface area (Å²) in [5, 5.41) is 9.14. The number of benzene rings is 1. The van der Waals surface area contributed by atoms with Crippen LogP contribution in [0.5, 0.6) is 0 Å². The average Bonchev–Trinajstić information content (AvgIpc) is 2.35. The van der Waals surface area contributed by atoms with E-state index >= 15 is 0 Å². The molecule has 0 saturated heterocycles. The van der Waals surface area contributed by atoms with E-state index in [0.717, 1.165) is 18.4 Å². The predicted molar refractivity (Wildman–Crippen MR) is 67.0 cm³/mol. The number of unbranched alkanes of at least 4 members (excludes halogenated alkanes) is 1. The summed E-state index contributed by atoms with van der Waals surface area (Å²) < 4.78 is 17.7. The van der Waals surface area contributed by atoms with Crippen molar-refractivity contribution in [3.63, 3.8) is 0 Å². The lowest BCUT2D eigenvalue weighted by atomic mass is 9.94. The smallest absolute Gasteiger partial charge is 0.306 e. The van der Waals surface area contributed by atoms with Gasteiger partial charge in [0.15, 0.2) is 0 Å². The van der Waals surface area contributed by atoms with Crippen LogP contribution in [0.15, 0.2) is 24.3 Å². The zero-order valence-electron chi connectivity index (χ0n) is 10.6. The van der Waals surface area contributed by atoms with Gasteiger partial charge in [-0.2, -0.15) is 0 Å². The predicted octanol–water partition coefficient (Wildman–Crippen LogP) is 2.89. The molecule has 0 aliphatic rings. The van der Waals surface area contributed by atoms with Crippen LogP contribution in [0.4, 0.5) is 4.39 Å². The molecule has 1 N–H and O–H groups in total. The monoisotopic (exact) mass is 254 g/mol. The van der Waals surface area contributed by atoms with Crippen molar-refractivity contribution < 1.29 is 19.0 Å². The van der Waals surface area contributed by atoms with Gasteiger partial charge < -0.3 is 9.84 Å². The lowest BCUT2D eigenvalue weighted by molar-refractivity contribution is -0.142. The van der Waals surface area contributed by atoms with Crippen molar-refractivity contribution >= 4 is 5.97 Å². The zero-order chi connectivity index (χ0) is 13.4. The van der Waals surface area contributed by atoms with Gasteiger partial charge >= 0.3 is 5.97 Å². The van der Waals surface area contributed by atoms with Crippen LogP contribution in [0.25, 0.3) is 0 Å². The SMILES string of the molecule is COCCCCC(Cc1ccc(F)cc1)C(=O)O. The van der Waals surface area contributed by atoms with Crippen molar-refractivity contribution in [3.8, 4) is 0 Å². The molecule has 4 heteroatoms. The van der Waals surface area contributed by atoms with E-state index in [-0.39, 0.29) is 5.82 Å². The second-order valence-electron chi connectivity index (χ2n) is 4.35. The van der Waals surface area contributed by atoms with Crippen LogP contribution in [-0.2, 0) is 16.0 Å². The number of ether oxygens (including phenoxy) is 1. The third kappa shape index (κ3) is 5.27. The van der Waals surface area contributed by atoms with Crippen LogP contribution >= 0.6 is 0 Å². The molecule has 1 aromatic rings. The highest BCUT2D eigenvalue weighted by Gasteiger charge is 2.17. The fraction of sp³-hybridized carbons (Fsp3) is 0.500. The van der Waals surface area contributed by atoms with Crippen LogP contribution in [0.1, 0.15) is 24.8 Å². The number of halogens is 1. The van der Waals surface area contributed by atoms with E-state index in [1.807, 2.05) is 0 Å². The Balaban J connectivity index is 2.47. The highest BCUT2D eigenvalue weighted by Crippen LogP contribution is 2.16. The second kappa shape index (κ2) is 7.82. The van der Waals surface area contributed by atoms with Crippen molar-refractivity contribution in [2.45, 2.75) is 25.7 Å². The van der Waals surface area contributed by atoms with E-state index in [2.05, 4.69) is 0 Å². The quantitative estimate of drug-likeness (QED) is 0.725. The highest BCUT2D eigenvalue weighted by molar-refractivity contribution is 5.70. The maximum absolute atomic E-state index is 12.7. The van der Waals surface area contributed by atoms with Gasteiger partial charge in [-0.05, 0) is 37.0 Å². The summed E-state index contributed by atoms with van der Waals surface area (Å²) in [5.74, 6) is -1.50. The molecular weight excluding hydrogens is 235 g/mol. The number of carboxylic acid groups (broad SMARTS) is 1. The lowest BCUT2D eigenvalue weighted by Crippen LogP contribution is -2.16. The van der Waals surface area contributed by atoms with Crippen molar-refractivity contribution in [3.05, 3.63) is 35.6 Å². The fourth-order valence-corrected chi connectivity index (χ4v) is 1.85. The number of hydrogen-bond acceptors (Lipinski definition) is 2. The van der Waals surface area contributed by atoms with E-state index in [1.165, 1.54) is 12.1 Å². The third-order valence-corrected chi connectivity index (χ3v) is 2.90. The van der Waals surface area contributed by atoms with Gasteiger partial charge in [0.2, 0.25) is 0 Å². The molecule has 0 fully saturated rings. The van der Waals surface area contributed by atoms with Crippen molar-refractivity contribution in [2.75, 3.05) is 13.7 Å². The summed E-state index contributed by atoms with van der Waals surface area (Å²) in [4.78, 5) is 11.1. The molecule has 3 nitrogen and oxygen atoms in total. The lowest BCUT2D eigenvalue weighted by Gasteiger charge is -2.12. The van der Waals surface area contributed by atoms with E-state index in [4.69, 9.17) is 9.84 Å². The molecule has 100 valence electrons. The van der Waals surface area contributed by atoms with Crippen LogP contribution in [0.3, 0.4) is 0 Å². The molecule has 1 atom stereocenters. The van der Waals surface area contributed by atoms with Gasteiger partial charge in [-0.3, -0.25) is 4.79 Å². The molecule has 0 bridgehead atoms. The Kier molecular flexibility index (Phi) is 6.36. The third-order valence-electron chi connectivity index (χ3n) is 2.90. The summed E-state index contributed by atoms with van der Waals surface area (Å²) in [6, 6.07) is 6.00. The Bertz CT molecular complexity index is 362. The normalized spacial score (nSPS) is 12.3. The van der Waals surface area contributed by atoms with Crippen LogP contribution < -0.4 is 0 Å². The Morgan fingerprint density at radius 3 is 2.56 bits per heavy atom. The van der Waals surface area contributed by atoms with Gasteiger partial charge in [0.1, 0.15) is 5.82 Å². The summed E-state index contributed by atoms with van der Waals surface area (Å²) in [6.45, 7) is 0.656. The molecule has 0 spiro atoms. The Labute approximate surface area is 107 Å². The molecular formula is C14H19FO3. The first-order valence-corrected chi connectivity index (χ1v) is 6.09. The van der Waals surface area contributed by atoms with E-state index in [9.17, 15) is 9.18 Å². The van der Waals surface area contributed by atoms with Crippen LogP contribution in [-0.4, -0.2) is 24.8 Å². The molecule has 0 aromatic heterocycles. The number of hydrogen-bond donors (Lipinski definition) is 1. The molecule has 0 saturated carbocycles. The van der Waals surface area contributed by atoms with E-state index in [1.54, 1.807) is 19.2 Å². The van der Waals surface area contributed by atoms with Gasteiger partial charge in [0.05, 0.1) is 5.92 Å². The number of aliphatic carboxylic acids is 1.